The van der Waals surface area contributed by atoms with Crippen LogP contribution in [0.4, 0.5) is 0 Å². The molecule has 0 radical (unpaired) electrons. The van der Waals surface area contributed by atoms with Gasteiger partial charge in [-0.3, -0.25) is 0 Å². The Morgan fingerprint density at radius 1 is 1.28 bits per heavy atom. The van der Waals surface area contributed by atoms with Gasteiger partial charge in [-0.1, -0.05) is 6.92 Å². The Bertz CT molecular complexity index is 232. The number of nitrogens with one attached hydrogen (secondary N) is 1. The van der Waals surface area contributed by atoms with Gasteiger partial charge in [0.2, 0.25) is 0 Å². The summed E-state index contributed by atoms with van der Waals surface area (Å²) in [7, 11) is 2.19. The van der Waals surface area contributed by atoms with E-state index in [-0.39, 0.29) is 0 Å². The summed E-state index contributed by atoms with van der Waals surface area (Å²) in [5.74, 6) is 0.804. The normalized spacial score (nSPS) is 29.3. The molecule has 1 N–H and O–H groups in total. The molecule has 18 heavy (non-hydrogen) atoms. The number of ether oxygens (including phenoxy) is 2. The van der Waals surface area contributed by atoms with Crippen LogP contribution in [0.3, 0.4) is 0 Å². The highest BCUT2D eigenvalue weighted by molar-refractivity contribution is 4.84. The molecule has 0 aromatic rings. The summed E-state index contributed by atoms with van der Waals surface area (Å²) in [4.78, 5) is 2.38. The average molecular weight is 256 g/mol. The fourth-order valence-corrected chi connectivity index (χ4v) is 3.02. The Morgan fingerprint density at radius 3 is 2.72 bits per heavy atom. The van der Waals surface area contributed by atoms with Gasteiger partial charge in [0.25, 0.3) is 0 Å². The molecule has 0 bridgehead atoms. The Morgan fingerprint density at radius 2 is 2.06 bits per heavy atom. The molecule has 2 saturated heterocycles. The van der Waals surface area contributed by atoms with Crippen LogP contribution in [0.2, 0.25) is 0 Å². The predicted molar refractivity (Wildman–Crippen MR) is 72.9 cm³/mol. The van der Waals surface area contributed by atoms with Gasteiger partial charge < -0.3 is 19.7 Å². The van der Waals surface area contributed by atoms with Crippen molar-refractivity contribution in [2.45, 2.75) is 38.3 Å². The summed E-state index contributed by atoms with van der Waals surface area (Å²) in [6.45, 7) is 8.08. The zero-order chi connectivity index (χ0) is 12.8. The maximum absolute atomic E-state index is 5.97. The summed E-state index contributed by atoms with van der Waals surface area (Å²) in [6, 6.07) is 0.501. The molecular formula is C14H28N2O2. The van der Waals surface area contributed by atoms with Crippen LogP contribution in [0.5, 0.6) is 0 Å². The van der Waals surface area contributed by atoms with E-state index < -0.39 is 0 Å². The van der Waals surface area contributed by atoms with Crippen LogP contribution in [0, 0.1) is 5.92 Å². The first-order valence-electron chi connectivity index (χ1n) is 7.41. The topological polar surface area (TPSA) is 33.7 Å². The van der Waals surface area contributed by atoms with Gasteiger partial charge in [0.05, 0.1) is 12.7 Å². The Kier molecular flexibility index (Phi) is 5.89. The molecule has 4 heteroatoms. The third kappa shape index (κ3) is 4.19. The van der Waals surface area contributed by atoms with Gasteiger partial charge in [-0.25, -0.2) is 0 Å². The average Bonchev–Trinajstić information content (AvgIpc) is 2.39. The van der Waals surface area contributed by atoms with E-state index in [1.54, 1.807) is 0 Å². The Hall–Kier alpha value is -0.160. The molecule has 0 aromatic carbocycles. The van der Waals surface area contributed by atoms with Crippen molar-refractivity contribution >= 4 is 0 Å². The minimum absolute atomic E-state index is 0.353. The van der Waals surface area contributed by atoms with E-state index >= 15 is 0 Å². The molecule has 0 aliphatic carbocycles. The third-order valence-corrected chi connectivity index (χ3v) is 4.14. The zero-order valence-corrected chi connectivity index (χ0v) is 11.9. The van der Waals surface area contributed by atoms with Crippen molar-refractivity contribution < 1.29 is 9.47 Å². The van der Waals surface area contributed by atoms with Crippen molar-refractivity contribution in [2.75, 3.05) is 46.5 Å². The van der Waals surface area contributed by atoms with Gasteiger partial charge in [-0.2, -0.15) is 0 Å². The van der Waals surface area contributed by atoms with Gasteiger partial charge in [0.15, 0.2) is 0 Å². The Balaban J connectivity index is 1.85. The molecule has 2 atom stereocenters. The van der Waals surface area contributed by atoms with Crippen molar-refractivity contribution in [3.8, 4) is 0 Å². The van der Waals surface area contributed by atoms with Crippen LogP contribution in [0.25, 0.3) is 0 Å². The van der Waals surface area contributed by atoms with E-state index in [2.05, 4.69) is 24.2 Å². The summed E-state index contributed by atoms with van der Waals surface area (Å²) >= 11 is 0. The van der Waals surface area contributed by atoms with E-state index in [0.29, 0.717) is 12.1 Å². The highest BCUT2D eigenvalue weighted by Crippen LogP contribution is 2.23. The standard InChI is InChI=1S/C14H28N2O2/c1-3-15-13(10-12-4-7-17-8-5-12)14-11-16(2)6-9-18-14/h12-15H,3-11H2,1-2H3. The van der Waals surface area contributed by atoms with Crippen LogP contribution in [-0.2, 0) is 9.47 Å². The lowest BCUT2D eigenvalue weighted by atomic mass is 9.90. The molecule has 2 aliphatic heterocycles. The van der Waals surface area contributed by atoms with Crippen LogP contribution in [-0.4, -0.2) is 63.5 Å². The second kappa shape index (κ2) is 7.43. The summed E-state index contributed by atoms with van der Waals surface area (Å²) < 4.78 is 11.4. The fraction of sp³-hybridized carbons (Fsp3) is 1.00. The zero-order valence-electron chi connectivity index (χ0n) is 11.9. The number of hydrogen-bond donors (Lipinski definition) is 1. The lowest BCUT2D eigenvalue weighted by Gasteiger charge is -2.37. The largest absolute Gasteiger partial charge is 0.381 e. The van der Waals surface area contributed by atoms with Crippen molar-refractivity contribution in [2.24, 2.45) is 5.92 Å². The molecule has 2 aliphatic rings. The molecule has 2 heterocycles. The molecular weight excluding hydrogens is 228 g/mol. The minimum atomic E-state index is 0.353. The highest BCUT2D eigenvalue weighted by Gasteiger charge is 2.29. The number of rotatable bonds is 5. The molecule has 2 rings (SSSR count). The van der Waals surface area contributed by atoms with Crippen molar-refractivity contribution in [1.29, 1.82) is 0 Å². The fourth-order valence-electron chi connectivity index (χ4n) is 3.02. The van der Waals surface area contributed by atoms with Crippen LogP contribution in [0.1, 0.15) is 26.2 Å². The van der Waals surface area contributed by atoms with Crippen molar-refractivity contribution in [3.05, 3.63) is 0 Å². The van der Waals surface area contributed by atoms with Crippen LogP contribution < -0.4 is 5.32 Å². The van der Waals surface area contributed by atoms with Gasteiger partial charge in [0, 0.05) is 32.3 Å². The summed E-state index contributed by atoms with van der Waals surface area (Å²) in [5, 5.41) is 3.63. The molecule has 2 fully saturated rings. The van der Waals surface area contributed by atoms with E-state index in [1.807, 2.05) is 0 Å². The molecule has 4 nitrogen and oxygen atoms in total. The SMILES string of the molecule is CCNC(CC1CCOCC1)C1CN(C)CCO1. The first kappa shape index (κ1) is 14.3. The lowest BCUT2D eigenvalue weighted by molar-refractivity contribution is -0.0456. The quantitative estimate of drug-likeness (QED) is 0.799. The number of likely N-dealkylation sites (N-methyl/N-ethyl adjacent to an activating group) is 2. The number of hydrogen-bond acceptors (Lipinski definition) is 4. The maximum atomic E-state index is 5.97. The second-order valence-corrected chi connectivity index (χ2v) is 5.63. The monoisotopic (exact) mass is 256 g/mol. The van der Waals surface area contributed by atoms with E-state index in [1.165, 1.54) is 19.3 Å². The number of nitrogens with zero attached hydrogens (tertiary/aromatic N) is 1. The van der Waals surface area contributed by atoms with Crippen LogP contribution >= 0.6 is 0 Å². The van der Waals surface area contributed by atoms with Crippen molar-refractivity contribution in [1.82, 2.24) is 10.2 Å². The maximum Gasteiger partial charge on any atom is 0.0855 e. The smallest absolute Gasteiger partial charge is 0.0855 e. The predicted octanol–water partition coefficient (Wildman–Crippen LogP) is 1.11. The van der Waals surface area contributed by atoms with Gasteiger partial charge in [-0.15, -0.1) is 0 Å². The highest BCUT2D eigenvalue weighted by atomic mass is 16.5. The third-order valence-electron chi connectivity index (χ3n) is 4.14. The molecule has 0 aromatic heterocycles. The molecule has 2 unspecified atom stereocenters. The Labute approximate surface area is 111 Å². The van der Waals surface area contributed by atoms with Gasteiger partial charge in [-0.05, 0) is 38.8 Å². The molecule has 0 saturated carbocycles. The van der Waals surface area contributed by atoms with Gasteiger partial charge in [0.1, 0.15) is 0 Å². The molecule has 106 valence electrons. The van der Waals surface area contributed by atoms with Gasteiger partial charge >= 0.3 is 0 Å². The summed E-state index contributed by atoms with van der Waals surface area (Å²) in [6.07, 6.45) is 4.01. The minimum Gasteiger partial charge on any atom is -0.381 e. The first-order valence-corrected chi connectivity index (χ1v) is 7.41. The lowest BCUT2D eigenvalue weighted by Crippen LogP contribution is -2.52. The first-order chi connectivity index (χ1) is 8.79. The summed E-state index contributed by atoms with van der Waals surface area (Å²) in [5.41, 5.74) is 0. The van der Waals surface area contributed by atoms with E-state index in [4.69, 9.17) is 9.47 Å². The molecule has 0 spiro atoms. The van der Waals surface area contributed by atoms with E-state index in [0.717, 1.165) is 45.4 Å². The second-order valence-electron chi connectivity index (χ2n) is 5.63. The van der Waals surface area contributed by atoms with Crippen molar-refractivity contribution in [3.63, 3.8) is 0 Å². The van der Waals surface area contributed by atoms with Crippen LogP contribution in [0.15, 0.2) is 0 Å². The molecule has 0 amide bonds. The number of morpholine rings is 1. The van der Waals surface area contributed by atoms with E-state index in [9.17, 15) is 0 Å².